The molecule has 1 unspecified atom stereocenters. The number of hydrogen-bond donors (Lipinski definition) is 1. The van der Waals surface area contributed by atoms with E-state index in [2.05, 4.69) is 31.9 Å². The molecule has 0 heterocycles. The van der Waals surface area contributed by atoms with Crippen molar-refractivity contribution < 1.29 is 14.2 Å². The van der Waals surface area contributed by atoms with Gasteiger partial charge in [0.05, 0.1) is 10.6 Å². The Morgan fingerprint density at radius 3 is 2.86 bits per heavy atom. The van der Waals surface area contributed by atoms with Gasteiger partial charge in [-0.25, -0.2) is 4.39 Å². The van der Waals surface area contributed by atoms with E-state index in [0.717, 1.165) is 0 Å². The fourth-order valence-electron chi connectivity index (χ4n) is 0.818. The highest BCUT2D eigenvalue weighted by atomic mass is 79.9. The second-order valence-corrected chi connectivity index (χ2v) is 4.20. The van der Waals surface area contributed by atoms with E-state index in [4.69, 9.17) is 4.74 Å². The van der Waals surface area contributed by atoms with Gasteiger partial charge in [-0.15, -0.1) is 0 Å². The van der Waals surface area contributed by atoms with Gasteiger partial charge < -0.3 is 9.84 Å². The summed E-state index contributed by atoms with van der Waals surface area (Å²) in [6, 6.07) is 4.16. The predicted molar refractivity (Wildman–Crippen MR) is 59.4 cm³/mol. The van der Waals surface area contributed by atoms with Gasteiger partial charge >= 0.3 is 0 Å². The van der Waals surface area contributed by atoms with E-state index in [1.165, 1.54) is 12.1 Å². The van der Waals surface area contributed by atoms with Crippen LogP contribution >= 0.6 is 31.9 Å². The number of aliphatic hydroxyl groups is 1. The van der Waals surface area contributed by atoms with Crippen molar-refractivity contribution in [2.45, 2.75) is 6.10 Å². The molecule has 0 saturated heterocycles. The van der Waals surface area contributed by atoms with Crippen molar-refractivity contribution in [3.63, 3.8) is 0 Å². The van der Waals surface area contributed by atoms with Crippen molar-refractivity contribution in [1.29, 1.82) is 0 Å². The minimum Gasteiger partial charge on any atom is -0.490 e. The molecule has 1 rings (SSSR count). The maximum Gasteiger partial charge on any atom is 0.136 e. The zero-order valence-electron chi connectivity index (χ0n) is 7.21. The maximum atomic E-state index is 12.8. The Morgan fingerprint density at radius 2 is 2.21 bits per heavy atom. The van der Waals surface area contributed by atoms with E-state index in [1.807, 2.05) is 0 Å². The van der Waals surface area contributed by atoms with E-state index in [1.54, 1.807) is 6.07 Å². The van der Waals surface area contributed by atoms with Crippen molar-refractivity contribution >= 4 is 31.9 Å². The Kier molecular flexibility index (Phi) is 4.84. The van der Waals surface area contributed by atoms with Crippen LogP contribution in [0.2, 0.25) is 0 Å². The lowest BCUT2D eigenvalue weighted by Gasteiger charge is -2.10. The number of rotatable bonds is 4. The molecule has 1 atom stereocenters. The molecule has 0 radical (unpaired) electrons. The molecule has 0 fully saturated rings. The Hall–Kier alpha value is -0.130. The summed E-state index contributed by atoms with van der Waals surface area (Å²) < 4.78 is 18.7. The molecule has 1 aromatic rings. The van der Waals surface area contributed by atoms with Gasteiger partial charge in [0.15, 0.2) is 0 Å². The highest BCUT2D eigenvalue weighted by Gasteiger charge is 2.06. The Bertz CT molecular complexity index is 307. The second kappa shape index (κ2) is 5.68. The van der Waals surface area contributed by atoms with Crippen LogP contribution in [0.4, 0.5) is 4.39 Å². The predicted octanol–water partition coefficient (Wildman–Crippen LogP) is 2.72. The van der Waals surface area contributed by atoms with Gasteiger partial charge in [-0.05, 0) is 28.1 Å². The average Bonchev–Trinajstić information content (AvgIpc) is 2.19. The molecule has 2 nitrogen and oxygen atoms in total. The largest absolute Gasteiger partial charge is 0.490 e. The third kappa shape index (κ3) is 3.55. The first kappa shape index (κ1) is 11.9. The standard InChI is InChI=1S/C9H9Br2FO2/c10-4-7(13)5-14-9-3-6(12)1-2-8(9)11/h1-3,7,13H,4-5H2. The zero-order chi connectivity index (χ0) is 10.6. The van der Waals surface area contributed by atoms with E-state index in [0.29, 0.717) is 15.6 Å². The van der Waals surface area contributed by atoms with Crippen molar-refractivity contribution in [3.8, 4) is 5.75 Å². The summed E-state index contributed by atoms with van der Waals surface area (Å²) in [6.07, 6.45) is -0.592. The summed E-state index contributed by atoms with van der Waals surface area (Å²) >= 11 is 6.32. The van der Waals surface area contributed by atoms with E-state index < -0.39 is 6.10 Å². The van der Waals surface area contributed by atoms with Crippen LogP contribution < -0.4 is 4.74 Å². The topological polar surface area (TPSA) is 29.5 Å². The Labute approximate surface area is 98.3 Å². The van der Waals surface area contributed by atoms with E-state index in [-0.39, 0.29) is 12.4 Å². The molecule has 78 valence electrons. The van der Waals surface area contributed by atoms with Crippen LogP contribution in [-0.2, 0) is 0 Å². The molecule has 1 aromatic carbocycles. The van der Waals surface area contributed by atoms with Crippen LogP contribution in [-0.4, -0.2) is 23.1 Å². The third-order valence-corrected chi connectivity index (χ3v) is 2.91. The summed E-state index contributed by atoms with van der Waals surface area (Å²) in [5, 5.41) is 9.63. The number of benzene rings is 1. The number of halogens is 3. The molecule has 14 heavy (non-hydrogen) atoms. The number of alkyl halides is 1. The molecule has 1 N–H and O–H groups in total. The number of aliphatic hydroxyl groups excluding tert-OH is 1. The quantitative estimate of drug-likeness (QED) is 0.862. The molecular weight excluding hydrogens is 319 g/mol. The fourth-order valence-corrected chi connectivity index (χ4v) is 1.37. The lowest BCUT2D eigenvalue weighted by atomic mass is 10.3. The molecule has 0 amide bonds. The smallest absolute Gasteiger partial charge is 0.136 e. The maximum absolute atomic E-state index is 12.8. The van der Waals surface area contributed by atoms with Gasteiger partial charge in [0, 0.05) is 11.4 Å². The van der Waals surface area contributed by atoms with Gasteiger partial charge in [-0.1, -0.05) is 15.9 Å². The summed E-state index contributed by atoms with van der Waals surface area (Å²) in [4.78, 5) is 0. The molecule has 5 heteroatoms. The lowest BCUT2D eigenvalue weighted by molar-refractivity contribution is 0.126. The van der Waals surface area contributed by atoms with Crippen molar-refractivity contribution in [1.82, 2.24) is 0 Å². The normalized spacial score (nSPS) is 12.6. The summed E-state index contributed by atoms with van der Waals surface area (Å²) in [6.45, 7) is 0.132. The van der Waals surface area contributed by atoms with Crippen LogP contribution in [0.25, 0.3) is 0 Å². The minimum atomic E-state index is -0.592. The number of ether oxygens (including phenoxy) is 1. The second-order valence-electron chi connectivity index (χ2n) is 2.69. The summed E-state index contributed by atoms with van der Waals surface area (Å²) in [5.41, 5.74) is 0. The first-order chi connectivity index (χ1) is 6.63. The van der Waals surface area contributed by atoms with Crippen molar-refractivity contribution in [3.05, 3.63) is 28.5 Å². The monoisotopic (exact) mass is 326 g/mol. The molecular formula is C9H9Br2FO2. The van der Waals surface area contributed by atoms with Crippen molar-refractivity contribution in [2.24, 2.45) is 0 Å². The van der Waals surface area contributed by atoms with Crippen LogP contribution in [0.1, 0.15) is 0 Å². The summed E-state index contributed by atoms with van der Waals surface area (Å²) in [7, 11) is 0. The SMILES string of the molecule is OC(CBr)COc1cc(F)ccc1Br. The van der Waals surface area contributed by atoms with Gasteiger partial charge in [0.2, 0.25) is 0 Å². The fraction of sp³-hybridized carbons (Fsp3) is 0.333. The molecule has 0 bridgehead atoms. The number of hydrogen-bond acceptors (Lipinski definition) is 2. The molecule has 0 saturated carbocycles. The third-order valence-electron chi connectivity index (χ3n) is 1.50. The first-order valence-corrected chi connectivity index (χ1v) is 5.87. The summed E-state index contributed by atoms with van der Waals surface area (Å²) in [5.74, 6) is 0.0292. The lowest BCUT2D eigenvalue weighted by Crippen LogP contribution is -2.18. The van der Waals surface area contributed by atoms with E-state index in [9.17, 15) is 9.50 Å². The van der Waals surface area contributed by atoms with Gasteiger partial charge in [-0.3, -0.25) is 0 Å². The first-order valence-electron chi connectivity index (χ1n) is 3.95. The molecule has 0 aromatic heterocycles. The van der Waals surface area contributed by atoms with Gasteiger partial charge in [0.25, 0.3) is 0 Å². The van der Waals surface area contributed by atoms with Crippen LogP contribution in [0, 0.1) is 5.82 Å². The highest BCUT2D eigenvalue weighted by molar-refractivity contribution is 9.10. The Morgan fingerprint density at radius 1 is 1.50 bits per heavy atom. The van der Waals surface area contributed by atoms with Crippen LogP contribution in [0.5, 0.6) is 5.75 Å². The van der Waals surface area contributed by atoms with E-state index >= 15 is 0 Å². The average molecular weight is 328 g/mol. The zero-order valence-corrected chi connectivity index (χ0v) is 10.4. The van der Waals surface area contributed by atoms with Crippen LogP contribution in [0.3, 0.4) is 0 Å². The molecule has 0 aliphatic heterocycles. The molecule has 0 aliphatic carbocycles. The van der Waals surface area contributed by atoms with Crippen molar-refractivity contribution in [2.75, 3.05) is 11.9 Å². The van der Waals surface area contributed by atoms with Crippen LogP contribution in [0.15, 0.2) is 22.7 Å². The molecule has 0 aliphatic rings. The minimum absolute atomic E-state index is 0.132. The van der Waals surface area contributed by atoms with Gasteiger partial charge in [-0.2, -0.15) is 0 Å². The van der Waals surface area contributed by atoms with Gasteiger partial charge in [0.1, 0.15) is 18.2 Å². The highest BCUT2D eigenvalue weighted by Crippen LogP contribution is 2.25. The molecule has 0 spiro atoms. The Balaban J connectivity index is 2.62.